The number of fused-ring (bicyclic) bond motifs is 1. The average molecular weight is 280 g/mol. The molecule has 0 atom stereocenters. The minimum atomic E-state index is -0.112. The Bertz CT molecular complexity index is 444. The van der Waals surface area contributed by atoms with Crippen LogP contribution in [-0.4, -0.2) is 42.3 Å². The molecule has 0 fully saturated rings. The van der Waals surface area contributed by atoms with Gasteiger partial charge in [-0.2, -0.15) is 0 Å². The van der Waals surface area contributed by atoms with Crippen LogP contribution in [0.3, 0.4) is 0 Å². The highest BCUT2D eigenvalue weighted by atomic mass is 16.5. The summed E-state index contributed by atoms with van der Waals surface area (Å²) in [4.78, 5) is 16.5. The molecular formula is C14H24N4O2. The molecule has 0 aromatic carbocycles. The lowest BCUT2D eigenvalue weighted by molar-refractivity contribution is 0.0916. The predicted octanol–water partition coefficient (Wildman–Crippen LogP) is 1.49. The van der Waals surface area contributed by atoms with Gasteiger partial charge in [0.15, 0.2) is 0 Å². The summed E-state index contributed by atoms with van der Waals surface area (Å²) in [5.74, 6) is 0.680. The summed E-state index contributed by atoms with van der Waals surface area (Å²) >= 11 is 0. The van der Waals surface area contributed by atoms with Crippen LogP contribution < -0.4 is 10.6 Å². The average Bonchev–Trinajstić information content (AvgIpc) is 2.86. The molecule has 0 radical (unpaired) electrons. The standard InChI is InChI=1S/C14H24N4O2/c1-14(2,5-8-20-3)10-16-12(19)11-9-18-7-4-6-15-13(18)17-11/h9H,4-8,10H2,1-3H3,(H,15,17)(H,16,19). The number of methoxy groups -OCH3 is 1. The van der Waals surface area contributed by atoms with E-state index in [9.17, 15) is 4.79 Å². The maximum Gasteiger partial charge on any atom is 0.271 e. The third-order valence-electron chi connectivity index (χ3n) is 3.58. The number of amides is 1. The summed E-state index contributed by atoms with van der Waals surface area (Å²) in [7, 11) is 1.69. The number of nitrogens with zero attached hydrogens (tertiary/aromatic N) is 2. The number of rotatable bonds is 6. The number of anilines is 1. The Morgan fingerprint density at radius 1 is 1.60 bits per heavy atom. The van der Waals surface area contributed by atoms with Crippen molar-refractivity contribution in [3.05, 3.63) is 11.9 Å². The zero-order valence-electron chi connectivity index (χ0n) is 12.5. The van der Waals surface area contributed by atoms with E-state index in [1.54, 1.807) is 7.11 Å². The van der Waals surface area contributed by atoms with Crippen molar-refractivity contribution < 1.29 is 9.53 Å². The monoisotopic (exact) mass is 280 g/mol. The maximum absolute atomic E-state index is 12.1. The molecular weight excluding hydrogens is 256 g/mol. The fourth-order valence-electron chi connectivity index (χ4n) is 2.16. The van der Waals surface area contributed by atoms with E-state index >= 15 is 0 Å². The van der Waals surface area contributed by atoms with Crippen LogP contribution in [-0.2, 0) is 11.3 Å². The van der Waals surface area contributed by atoms with Crippen molar-refractivity contribution in [2.75, 3.05) is 32.1 Å². The minimum Gasteiger partial charge on any atom is -0.385 e. The summed E-state index contributed by atoms with van der Waals surface area (Å²) in [6.07, 6.45) is 3.79. The van der Waals surface area contributed by atoms with Crippen LogP contribution >= 0.6 is 0 Å². The summed E-state index contributed by atoms with van der Waals surface area (Å²) in [6, 6.07) is 0. The predicted molar refractivity (Wildman–Crippen MR) is 77.9 cm³/mol. The highest BCUT2D eigenvalue weighted by Gasteiger charge is 2.21. The van der Waals surface area contributed by atoms with Gasteiger partial charge in [0.25, 0.3) is 5.91 Å². The topological polar surface area (TPSA) is 68.2 Å². The van der Waals surface area contributed by atoms with Crippen LogP contribution in [0.4, 0.5) is 5.95 Å². The molecule has 2 rings (SSSR count). The van der Waals surface area contributed by atoms with E-state index in [1.807, 2.05) is 10.8 Å². The number of hydrogen-bond donors (Lipinski definition) is 2. The van der Waals surface area contributed by atoms with Crippen LogP contribution in [0.2, 0.25) is 0 Å². The first-order chi connectivity index (χ1) is 9.52. The van der Waals surface area contributed by atoms with Crippen molar-refractivity contribution >= 4 is 11.9 Å². The molecule has 6 nitrogen and oxygen atoms in total. The quantitative estimate of drug-likeness (QED) is 0.828. The van der Waals surface area contributed by atoms with E-state index < -0.39 is 0 Å². The first-order valence-electron chi connectivity index (χ1n) is 7.10. The van der Waals surface area contributed by atoms with E-state index in [-0.39, 0.29) is 11.3 Å². The van der Waals surface area contributed by atoms with Gasteiger partial charge in [0.2, 0.25) is 5.95 Å². The van der Waals surface area contributed by atoms with E-state index in [4.69, 9.17) is 4.74 Å². The molecule has 1 aliphatic heterocycles. The molecule has 1 aliphatic rings. The fraction of sp³-hybridized carbons (Fsp3) is 0.714. The van der Waals surface area contributed by atoms with Gasteiger partial charge in [0.05, 0.1) is 0 Å². The zero-order chi connectivity index (χ0) is 14.6. The maximum atomic E-state index is 12.1. The van der Waals surface area contributed by atoms with Crippen molar-refractivity contribution in [3.8, 4) is 0 Å². The lowest BCUT2D eigenvalue weighted by Gasteiger charge is -2.24. The summed E-state index contributed by atoms with van der Waals surface area (Å²) in [5, 5.41) is 6.15. The number of ether oxygens (including phenoxy) is 1. The third-order valence-corrected chi connectivity index (χ3v) is 3.58. The Morgan fingerprint density at radius 3 is 3.10 bits per heavy atom. The number of aryl methyl sites for hydroxylation is 1. The molecule has 0 aliphatic carbocycles. The normalized spacial score (nSPS) is 14.6. The van der Waals surface area contributed by atoms with Gasteiger partial charge < -0.3 is 19.9 Å². The number of hydrogen-bond acceptors (Lipinski definition) is 4. The van der Waals surface area contributed by atoms with Crippen LogP contribution in [0.1, 0.15) is 37.2 Å². The summed E-state index contributed by atoms with van der Waals surface area (Å²) in [5.41, 5.74) is 0.500. The van der Waals surface area contributed by atoms with E-state index in [2.05, 4.69) is 29.5 Å². The van der Waals surface area contributed by atoms with Gasteiger partial charge in [0, 0.05) is 39.5 Å². The third kappa shape index (κ3) is 3.72. The van der Waals surface area contributed by atoms with Gasteiger partial charge in [-0.05, 0) is 18.3 Å². The largest absolute Gasteiger partial charge is 0.385 e. The molecule has 0 unspecified atom stereocenters. The van der Waals surface area contributed by atoms with Crippen LogP contribution in [0.25, 0.3) is 0 Å². The summed E-state index contributed by atoms with van der Waals surface area (Å²) in [6.45, 7) is 7.39. The SMILES string of the molecule is COCCC(C)(C)CNC(=O)c1cn2c(n1)NCCC2. The molecule has 1 aromatic heterocycles. The van der Waals surface area contributed by atoms with Crippen molar-refractivity contribution in [3.63, 3.8) is 0 Å². The lowest BCUT2D eigenvalue weighted by atomic mass is 9.90. The van der Waals surface area contributed by atoms with E-state index in [0.29, 0.717) is 18.8 Å². The number of nitrogens with one attached hydrogen (secondary N) is 2. The molecule has 1 amide bonds. The number of aromatic nitrogens is 2. The van der Waals surface area contributed by atoms with E-state index in [0.717, 1.165) is 31.9 Å². The Balaban J connectivity index is 1.90. The number of imidazole rings is 1. The Morgan fingerprint density at radius 2 is 2.40 bits per heavy atom. The molecule has 1 aromatic rings. The van der Waals surface area contributed by atoms with Crippen LogP contribution in [0, 0.1) is 5.41 Å². The second-order valence-corrected chi connectivity index (χ2v) is 6.01. The van der Waals surface area contributed by atoms with Gasteiger partial charge >= 0.3 is 0 Å². The Labute approximate surface area is 119 Å². The van der Waals surface area contributed by atoms with Crippen molar-refractivity contribution in [1.29, 1.82) is 0 Å². The molecule has 112 valence electrons. The molecule has 20 heavy (non-hydrogen) atoms. The van der Waals surface area contributed by atoms with Crippen molar-refractivity contribution in [2.45, 2.75) is 33.2 Å². The molecule has 2 N–H and O–H groups in total. The highest BCUT2D eigenvalue weighted by Crippen LogP contribution is 2.19. The fourth-order valence-corrected chi connectivity index (χ4v) is 2.16. The number of carbonyl (C=O) groups excluding carboxylic acids is 1. The van der Waals surface area contributed by atoms with Crippen molar-refractivity contribution in [1.82, 2.24) is 14.9 Å². The van der Waals surface area contributed by atoms with Crippen molar-refractivity contribution in [2.24, 2.45) is 5.41 Å². The van der Waals surface area contributed by atoms with Gasteiger partial charge in [-0.1, -0.05) is 13.8 Å². The first-order valence-corrected chi connectivity index (χ1v) is 7.10. The van der Waals surface area contributed by atoms with Crippen LogP contribution in [0.5, 0.6) is 0 Å². The molecule has 0 bridgehead atoms. The smallest absolute Gasteiger partial charge is 0.271 e. The zero-order valence-corrected chi connectivity index (χ0v) is 12.5. The van der Waals surface area contributed by atoms with Gasteiger partial charge in [0.1, 0.15) is 5.69 Å². The molecule has 0 spiro atoms. The van der Waals surface area contributed by atoms with Gasteiger partial charge in [-0.3, -0.25) is 4.79 Å². The van der Waals surface area contributed by atoms with Gasteiger partial charge in [-0.25, -0.2) is 4.98 Å². The highest BCUT2D eigenvalue weighted by molar-refractivity contribution is 5.92. The lowest BCUT2D eigenvalue weighted by Crippen LogP contribution is -2.34. The minimum absolute atomic E-state index is 0.0171. The number of carbonyl (C=O) groups is 1. The molecule has 6 heteroatoms. The van der Waals surface area contributed by atoms with Gasteiger partial charge in [-0.15, -0.1) is 0 Å². The van der Waals surface area contributed by atoms with E-state index in [1.165, 1.54) is 0 Å². The molecule has 0 saturated carbocycles. The Hall–Kier alpha value is -1.56. The molecule has 2 heterocycles. The Kier molecular flexibility index (Phi) is 4.65. The first kappa shape index (κ1) is 14.8. The second-order valence-electron chi connectivity index (χ2n) is 6.01. The molecule has 0 saturated heterocycles. The second kappa shape index (κ2) is 6.26. The summed E-state index contributed by atoms with van der Waals surface area (Å²) < 4.78 is 7.08. The van der Waals surface area contributed by atoms with Crippen LogP contribution in [0.15, 0.2) is 6.20 Å².